The van der Waals surface area contributed by atoms with Crippen molar-refractivity contribution in [3.8, 4) is 0 Å². The van der Waals surface area contributed by atoms with Gasteiger partial charge in [-0.25, -0.2) is 4.39 Å². The van der Waals surface area contributed by atoms with Crippen LogP contribution in [0.25, 0.3) is 0 Å². The van der Waals surface area contributed by atoms with Crippen LogP contribution in [0.2, 0.25) is 5.02 Å². The van der Waals surface area contributed by atoms with Crippen LogP contribution in [-0.4, -0.2) is 10.8 Å². The maximum Gasteiger partial charge on any atom is 0.272 e. The SMILES string of the molecule is Cc1cc(C(=O)Nc2ccc(F)c(Cl)c2)ccc1[N+](=O)[O-]. The van der Waals surface area contributed by atoms with Crippen LogP contribution in [0, 0.1) is 22.9 Å². The normalized spacial score (nSPS) is 10.2. The molecule has 0 aliphatic carbocycles. The van der Waals surface area contributed by atoms with Crippen molar-refractivity contribution in [3.05, 3.63) is 68.5 Å². The number of benzene rings is 2. The molecule has 0 aliphatic rings. The number of carbonyl (C=O) groups excluding carboxylic acids is 1. The Morgan fingerprint density at radius 1 is 1.29 bits per heavy atom. The Morgan fingerprint density at radius 3 is 2.57 bits per heavy atom. The molecular weight excluding hydrogens is 299 g/mol. The Bertz CT molecular complexity index is 734. The van der Waals surface area contributed by atoms with Crippen molar-refractivity contribution >= 4 is 28.9 Å². The van der Waals surface area contributed by atoms with Gasteiger partial charge in [0.15, 0.2) is 0 Å². The van der Waals surface area contributed by atoms with Gasteiger partial charge in [-0.3, -0.25) is 14.9 Å². The molecule has 0 heterocycles. The first-order valence-electron chi connectivity index (χ1n) is 5.90. The van der Waals surface area contributed by atoms with E-state index in [-0.39, 0.29) is 16.3 Å². The van der Waals surface area contributed by atoms with Gasteiger partial charge in [-0.2, -0.15) is 0 Å². The minimum Gasteiger partial charge on any atom is -0.322 e. The summed E-state index contributed by atoms with van der Waals surface area (Å²) in [7, 11) is 0. The van der Waals surface area contributed by atoms with E-state index >= 15 is 0 Å². The standard InChI is InChI=1S/C14H10ClFN2O3/c1-8-6-9(2-5-13(8)18(20)21)14(19)17-10-3-4-12(16)11(15)7-10/h2-7H,1H3,(H,17,19). The highest BCUT2D eigenvalue weighted by molar-refractivity contribution is 6.31. The molecule has 2 aromatic rings. The molecule has 1 N–H and O–H groups in total. The molecule has 0 aliphatic heterocycles. The van der Waals surface area contributed by atoms with Crippen molar-refractivity contribution in [3.63, 3.8) is 0 Å². The number of nitro groups is 1. The van der Waals surface area contributed by atoms with Crippen molar-refractivity contribution in [2.24, 2.45) is 0 Å². The van der Waals surface area contributed by atoms with Gasteiger partial charge in [0.1, 0.15) is 5.82 Å². The molecule has 0 fully saturated rings. The van der Waals surface area contributed by atoms with Gasteiger partial charge in [0.05, 0.1) is 9.95 Å². The highest BCUT2D eigenvalue weighted by Crippen LogP contribution is 2.22. The van der Waals surface area contributed by atoms with Crippen molar-refractivity contribution < 1.29 is 14.1 Å². The van der Waals surface area contributed by atoms with E-state index in [1.165, 1.54) is 30.3 Å². The van der Waals surface area contributed by atoms with E-state index in [1.54, 1.807) is 6.92 Å². The highest BCUT2D eigenvalue weighted by Gasteiger charge is 2.14. The third kappa shape index (κ3) is 3.35. The van der Waals surface area contributed by atoms with Crippen LogP contribution in [0.5, 0.6) is 0 Å². The summed E-state index contributed by atoms with van der Waals surface area (Å²) in [5.41, 5.74) is 0.919. The molecule has 0 aromatic heterocycles. The maximum atomic E-state index is 13.0. The van der Waals surface area contributed by atoms with Gasteiger partial charge >= 0.3 is 0 Å². The molecular formula is C14H10ClFN2O3. The van der Waals surface area contributed by atoms with E-state index in [4.69, 9.17) is 11.6 Å². The maximum absolute atomic E-state index is 13.0. The number of anilines is 1. The van der Waals surface area contributed by atoms with Crippen LogP contribution in [0.3, 0.4) is 0 Å². The molecule has 5 nitrogen and oxygen atoms in total. The fourth-order valence-electron chi connectivity index (χ4n) is 1.78. The molecule has 2 rings (SSSR count). The third-order valence-electron chi connectivity index (χ3n) is 2.83. The second kappa shape index (κ2) is 5.88. The van der Waals surface area contributed by atoms with Crippen molar-refractivity contribution in [1.29, 1.82) is 0 Å². The van der Waals surface area contributed by atoms with Gasteiger partial charge in [-0.15, -0.1) is 0 Å². The molecule has 0 atom stereocenters. The van der Waals surface area contributed by atoms with Gasteiger partial charge in [0.25, 0.3) is 11.6 Å². The molecule has 0 spiro atoms. The molecule has 108 valence electrons. The monoisotopic (exact) mass is 308 g/mol. The zero-order valence-electron chi connectivity index (χ0n) is 10.9. The molecule has 0 saturated heterocycles. The van der Waals surface area contributed by atoms with Crippen molar-refractivity contribution in [2.75, 3.05) is 5.32 Å². The second-order valence-electron chi connectivity index (χ2n) is 4.34. The van der Waals surface area contributed by atoms with E-state index in [0.717, 1.165) is 6.07 Å². The van der Waals surface area contributed by atoms with Crippen molar-refractivity contribution in [1.82, 2.24) is 0 Å². The van der Waals surface area contributed by atoms with Gasteiger partial charge < -0.3 is 5.32 Å². The lowest BCUT2D eigenvalue weighted by Crippen LogP contribution is -2.12. The first kappa shape index (κ1) is 14.9. The number of nitro benzene ring substituents is 1. The Morgan fingerprint density at radius 2 is 2.00 bits per heavy atom. The van der Waals surface area contributed by atoms with E-state index in [1.807, 2.05) is 0 Å². The Hall–Kier alpha value is -2.47. The first-order chi connectivity index (χ1) is 9.88. The fraction of sp³-hybridized carbons (Fsp3) is 0.0714. The van der Waals surface area contributed by atoms with Crippen LogP contribution in [-0.2, 0) is 0 Å². The molecule has 0 radical (unpaired) electrons. The van der Waals surface area contributed by atoms with E-state index in [0.29, 0.717) is 11.3 Å². The highest BCUT2D eigenvalue weighted by atomic mass is 35.5. The molecule has 0 unspecified atom stereocenters. The molecule has 1 amide bonds. The summed E-state index contributed by atoms with van der Waals surface area (Å²) in [5.74, 6) is -1.04. The van der Waals surface area contributed by atoms with E-state index in [2.05, 4.69) is 5.32 Å². The average molecular weight is 309 g/mol. The minimum absolute atomic E-state index is 0.0589. The smallest absolute Gasteiger partial charge is 0.272 e. The lowest BCUT2D eigenvalue weighted by molar-refractivity contribution is -0.385. The third-order valence-corrected chi connectivity index (χ3v) is 3.12. The molecule has 0 bridgehead atoms. The number of nitrogens with zero attached hydrogens (tertiary/aromatic N) is 1. The molecule has 7 heteroatoms. The lowest BCUT2D eigenvalue weighted by atomic mass is 10.1. The first-order valence-corrected chi connectivity index (χ1v) is 6.27. The predicted molar refractivity (Wildman–Crippen MR) is 77.2 cm³/mol. The molecule has 0 saturated carbocycles. The van der Waals surface area contributed by atoms with Crippen LogP contribution < -0.4 is 5.32 Å². The number of hydrogen-bond acceptors (Lipinski definition) is 3. The summed E-state index contributed by atoms with van der Waals surface area (Å²) in [4.78, 5) is 22.2. The van der Waals surface area contributed by atoms with Crippen LogP contribution in [0.1, 0.15) is 15.9 Å². The Labute approximate surface area is 124 Å². The largest absolute Gasteiger partial charge is 0.322 e. The summed E-state index contributed by atoms with van der Waals surface area (Å²) in [6, 6.07) is 7.83. The molecule has 21 heavy (non-hydrogen) atoms. The lowest BCUT2D eigenvalue weighted by Gasteiger charge is -2.07. The summed E-state index contributed by atoms with van der Waals surface area (Å²) >= 11 is 5.62. The minimum atomic E-state index is -0.583. The number of carbonyl (C=O) groups is 1. The van der Waals surface area contributed by atoms with Crippen LogP contribution in [0.15, 0.2) is 36.4 Å². The average Bonchev–Trinajstić information content (AvgIpc) is 2.42. The number of amides is 1. The summed E-state index contributed by atoms with van der Waals surface area (Å²) in [5, 5.41) is 13.2. The van der Waals surface area contributed by atoms with Crippen LogP contribution in [0.4, 0.5) is 15.8 Å². The fourth-order valence-corrected chi connectivity index (χ4v) is 1.96. The van der Waals surface area contributed by atoms with E-state index in [9.17, 15) is 19.3 Å². The number of halogens is 2. The van der Waals surface area contributed by atoms with Crippen LogP contribution >= 0.6 is 11.6 Å². The number of hydrogen-bond donors (Lipinski definition) is 1. The van der Waals surface area contributed by atoms with Gasteiger partial charge in [0, 0.05) is 22.9 Å². The topological polar surface area (TPSA) is 72.2 Å². The number of nitrogens with one attached hydrogen (secondary N) is 1. The van der Waals surface area contributed by atoms with Crippen molar-refractivity contribution in [2.45, 2.75) is 6.92 Å². The summed E-state index contributed by atoms with van der Waals surface area (Å²) < 4.78 is 13.0. The zero-order chi connectivity index (χ0) is 15.6. The predicted octanol–water partition coefficient (Wildman–Crippen LogP) is 3.95. The van der Waals surface area contributed by atoms with Gasteiger partial charge in [-0.05, 0) is 37.3 Å². The van der Waals surface area contributed by atoms with Gasteiger partial charge in [-0.1, -0.05) is 11.6 Å². The molecule has 2 aromatic carbocycles. The van der Waals surface area contributed by atoms with Gasteiger partial charge in [0.2, 0.25) is 0 Å². The quantitative estimate of drug-likeness (QED) is 0.689. The summed E-state index contributed by atoms with van der Waals surface area (Å²) in [6.07, 6.45) is 0. The Balaban J connectivity index is 2.22. The zero-order valence-corrected chi connectivity index (χ0v) is 11.6. The Kier molecular flexibility index (Phi) is 4.18. The summed E-state index contributed by atoms with van der Waals surface area (Å²) in [6.45, 7) is 1.55. The number of rotatable bonds is 3. The number of aryl methyl sites for hydroxylation is 1. The second-order valence-corrected chi connectivity index (χ2v) is 4.75. The van der Waals surface area contributed by atoms with E-state index < -0.39 is 16.6 Å².